The summed E-state index contributed by atoms with van der Waals surface area (Å²) in [7, 11) is 0. The fourth-order valence-electron chi connectivity index (χ4n) is 1.88. The van der Waals surface area contributed by atoms with Crippen LogP contribution in [0.15, 0.2) is 29.1 Å². The highest BCUT2D eigenvalue weighted by Crippen LogP contribution is 2.14. The molecule has 22 heavy (non-hydrogen) atoms. The average molecular weight is 333 g/mol. The second-order valence-electron chi connectivity index (χ2n) is 4.67. The average Bonchev–Trinajstić information content (AvgIpc) is 3.16. The summed E-state index contributed by atoms with van der Waals surface area (Å²) in [4.78, 5) is 20.3. The summed E-state index contributed by atoms with van der Waals surface area (Å²) in [5.74, 6) is 2.16. The van der Waals surface area contributed by atoms with E-state index in [4.69, 9.17) is 0 Å². The zero-order valence-corrected chi connectivity index (χ0v) is 13.7. The van der Waals surface area contributed by atoms with Crippen LogP contribution in [0.1, 0.15) is 21.9 Å². The molecule has 1 N–H and O–H groups in total. The molecular formula is C14H15N5OS2. The van der Waals surface area contributed by atoms with Gasteiger partial charge in [0.2, 0.25) is 5.82 Å². The van der Waals surface area contributed by atoms with Gasteiger partial charge in [0.1, 0.15) is 0 Å². The number of carbonyl (C=O) groups is 1. The van der Waals surface area contributed by atoms with Crippen LogP contribution >= 0.6 is 23.1 Å². The molecule has 6 nitrogen and oxygen atoms in total. The van der Waals surface area contributed by atoms with Gasteiger partial charge in [0.25, 0.3) is 11.7 Å². The van der Waals surface area contributed by atoms with Gasteiger partial charge in [0, 0.05) is 29.9 Å². The summed E-state index contributed by atoms with van der Waals surface area (Å²) in [6.07, 6.45) is 1.65. The van der Waals surface area contributed by atoms with Crippen LogP contribution in [0.3, 0.4) is 0 Å². The van der Waals surface area contributed by atoms with E-state index in [-0.39, 0.29) is 11.7 Å². The van der Waals surface area contributed by atoms with Crippen molar-refractivity contribution in [3.8, 4) is 0 Å². The Labute approximate surface area is 136 Å². The maximum Gasteiger partial charge on any atom is 0.291 e. The number of hydrogen-bond acceptors (Lipinski definition) is 6. The molecule has 3 heterocycles. The minimum Gasteiger partial charge on any atom is -0.348 e. The Morgan fingerprint density at radius 2 is 2.36 bits per heavy atom. The van der Waals surface area contributed by atoms with Crippen LogP contribution in [0.5, 0.6) is 0 Å². The second kappa shape index (κ2) is 6.89. The fraction of sp³-hybridized carbons (Fsp3) is 0.286. The number of nitrogens with one attached hydrogen (secondary N) is 1. The van der Waals surface area contributed by atoms with Crippen molar-refractivity contribution < 1.29 is 4.79 Å². The van der Waals surface area contributed by atoms with Crippen LogP contribution in [-0.4, -0.2) is 37.8 Å². The number of nitrogens with zero attached hydrogens (tertiary/aromatic N) is 4. The van der Waals surface area contributed by atoms with E-state index in [1.54, 1.807) is 33.8 Å². The van der Waals surface area contributed by atoms with E-state index in [9.17, 15) is 4.79 Å². The van der Waals surface area contributed by atoms with Crippen molar-refractivity contribution in [2.75, 3.05) is 12.3 Å². The van der Waals surface area contributed by atoms with Crippen molar-refractivity contribution in [1.82, 2.24) is 24.9 Å². The molecule has 0 fully saturated rings. The Morgan fingerprint density at radius 1 is 1.45 bits per heavy atom. The molecule has 1 amide bonds. The first-order valence-corrected chi connectivity index (χ1v) is 8.89. The van der Waals surface area contributed by atoms with Gasteiger partial charge in [-0.3, -0.25) is 4.79 Å². The standard InChI is InChI=1S/C14H15N5OS2/c1-10-2-4-16-14-17-12(18-19(10)14)13(20)15-5-7-22-9-11-3-6-21-8-11/h2-4,6,8H,5,7,9H2,1H3,(H,15,20). The maximum absolute atomic E-state index is 12.0. The molecule has 8 heteroatoms. The van der Waals surface area contributed by atoms with Crippen molar-refractivity contribution in [1.29, 1.82) is 0 Å². The number of aromatic nitrogens is 4. The highest BCUT2D eigenvalue weighted by molar-refractivity contribution is 7.98. The van der Waals surface area contributed by atoms with Crippen molar-refractivity contribution in [3.63, 3.8) is 0 Å². The van der Waals surface area contributed by atoms with E-state index in [0.717, 1.165) is 17.2 Å². The summed E-state index contributed by atoms with van der Waals surface area (Å²) < 4.78 is 1.57. The van der Waals surface area contributed by atoms with Gasteiger partial charge in [-0.05, 0) is 35.4 Å². The third-order valence-corrected chi connectivity index (χ3v) is 4.78. The molecule has 0 unspecified atom stereocenters. The van der Waals surface area contributed by atoms with Gasteiger partial charge in [0.15, 0.2) is 0 Å². The molecular weight excluding hydrogens is 318 g/mol. The van der Waals surface area contributed by atoms with E-state index in [1.165, 1.54) is 5.56 Å². The first-order valence-electron chi connectivity index (χ1n) is 6.79. The number of carbonyl (C=O) groups excluding carboxylic acids is 1. The Hall–Kier alpha value is -1.93. The molecule has 0 aromatic carbocycles. The first kappa shape index (κ1) is 15.0. The Bertz CT molecular complexity index is 769. The van der Waals surface area contributed by atoms with Gasteiger partial charge in [-0.15, -0.1) is 5.10 Å². The zero-order chi connectivity index (χ0) is 15.4. The SMILES string of the molecule is Cc1ccnc2nc(C(=O)NCCSCc3ccsc3)nn12. The number of rotatable bonds is 6. The summed E-state index contributed by atoms with van der Waals surface area (Å²) in [5, 5.41) is 11.2. The molecule has 0 saturated heterocycles. The van der Waals surface area contributed by atoms with E-state index in [0.29, 0.717) is 12.3 Å². The number of thiophene rings is 1. The molecule has 0 aliphatic rings. The van der Waals surface area contributed by atoms with Crippen LogP contribution < -0.4 is 5.32 Å². The predicted molar refractivity (Wildman–Crippen MR) is 88.3 cm³/mol. The van der Waals surface area contributed by atoms with Crippen molar-refractivity contribution in [2.24, 2.45) is 0 Å². The fourth-order valence-corrected chi connectivity index (χ4v) is 3.46. The van der Waals surface area contributed by atoms with E-state index in [1.807, 2.05) is 13.0 Å². The molecule has 0 saturated carbocycles. The van der Waals surface area contributed by atoms with Gasteiger partial charge in [-0.2, -0.15) is 28.1 Å². The van der Waals surface area contributed by atoms with Crippen LogP contribution in [-0.2, 0) is 5.75 Å². The molecule has 3 aromatic heterocycles. The quantitative estimate of drug-likeness (QED) is 0.700. The lowest BCUT2D eigenvalue weighted by atomic mass is 10.4. The zero-order valence-electron chi connectivity index (χ0n) is 12.0. The number of amides is 1. The predicted octanol–water partition coefficient (Wildman–Crippen LogP) is 2.16. The molecule has 114 valence electrons. The summed E-state index contributed by atoms with van der Waals surface area (Å²) >= 11 is 3.49. The number of thioether (sulfide) groups is 1. The van der Waals surface area contributed by atoms with Crippen LogP contribution in [0.25, 0.3) is 5.78 Å². The summed E-state index contributed by atoms with van der Waals surface area (Å²) in [6, 6.07) is 3.94. The van der Waals surface area contributed by atoms with Gasteiger partial charge >= 0.3 is 0 Å². The molecule has 3 aromatic rings. The number of hydrogen-bond donors (Lipinski definition) is 1. The largest absolute Gasteiger partial charge is 0.348 e. The van der Waals surface area contributed by atoms with Gasteiger partial charge in [-0.25, -0.2) is 9.50 Å². The van der Waals surface area contributed by atoms with Crippen LogP contribution in [0.2, 0.25) is 0 Å². The third kappa shape index (κ3) is 3.45. The summed E-state index contributed by atoms with van der Waals surface area (Å²) in [6.45, 7) is 2.49. The van der Waals surface area contributed by atoms with Gasteiger partial charge in [-0.1, -0.05) is 0 Å². The molecule has 3 rings (SSSR count). The maximum atomic E-state index is 12.0. The molecule has 0 radical (unpaired) electrons. The second-order valence-corrected chi connectivity index (χ2v) is 6.56. The minimum absolute atomic E-state index is 0.157. The summed E-state index contributed by atoms with van der Waals surface area (Å²) in [5.41, 5.74) is 2.22. The van der Waals surface area contributed by atoms with Crippen molar-refractivity contribution in [2.45, 2.75) is 12.7 Å². The van der Waals surface area contributed by atoms with Crippen molar-refractivity contribution in [3.05, 3.63) is 46.2 Å². The Morgan fingerprint density at radius 3 is 3.14 bits per heavy atom. The molecule has 0 atom stereocenters. The molecule has 0 aliphatic heterocycles. The molecule has 0 spiro atoms. The van der Waals surface area contributed by atoms with E-state index in [2.05, 4.69) is 37.2 Å². The number of aryl methyl sites for hydroxylation is 1. The highest BCUT2D eigenvalue weighted by Gasteiger charge is 2.13. The minimum atomic E-state index is -0.263. The van der Waals surface area contributed by atoms with Gasteiger partial charge in [0.05, 0.1) is 0 Å². The number of fused-ring (bicyclic) bond motifs is 1. The topological polar surface area (TPSA) is 72.2 Å². The Kier molecular flexibility index (Phi) is 4.69. The van der Waals surface area contributed by atoms with Crippen molar-refractivity contribution >= 4 is 34.8 Å². The van der Waals surface area contributed by atoms with E-state index < -0.39 is 0 Å². The van der Waals surface area contributed by atoms with E-state index >= 15 is 0 Å². The van der Waals surface area contributed by atoms with Gasteiger partial charge < -0.3 is 5.32 Å². The Balaban J connectivity index is 1.49. The normalized spacial score (nSPS) is 11.0. The molecule has 0 bridgehead atoms. The smallest absolute Gasteiger partial charge is 0.291 e. The molecule has 0 aliphatic carbocycles. The lowest BCUT2D eigenvalue weighted by Gasteiger charge is -2.02. The van der Waals surface area contributed by atoms with Crippen LogP contribution in [0.4, 0.5) is 0 Å². The lowest BCUT2D eigenvalue weighted by molar-refractivity contribution is 0.0946. The lowest BCUT2D eigenvalue weighted by Crippen LogP contribution is -2.26. The third-order valence-electron chi connectivity index (χ3n) is 3.01. The highest BCUT2D eigenvalue weighted by atomic mass is 32.2. The first-order chi connectivity index (χ1) is 10.7. The monoisotopic (exact) mass is 333 g/mol. The van der Waals surface area contributed by atoms with Crippen LogP contribution in [0, 0.1) is 6.92 Å².